The Morgan fingerprint density at radius 1 is 1.17 bits per heavy atom. The summed E-state index contributed by atoms with van der Waals surface area (Å²) in [4.78, 5) is 19.1. The molecule has 1 fully saturated rings. The number of anilines is 1. The number of pyridine rings is 1. The molecule has 1 saturated heterocycles. The van der Waals surface area contributed by atoms with Crippen LogP contribution in [0, 0.1) is 5.92 Å². The van der Waals surface area contributed by atoms with Crippen molar-refractivity contribution in [2.45, 2.75) is 25.7 Å². The second-order valence-corrected chi connectivity index (χ2v) is 7.91. The average Bonchev–Trinajstić information content (AvgIpc) is 2.79. The zero-order valence-electron chi connectivity index (χ0n) is 18.0. The molecule has 0 unspecified atom stereocenters. The number of amides is 1. The number of benzene rings is 1. The average molecular weight is 411 g/mol. The minimum absolute atomic E-state index is 0.0510. The van der Waals surface area contributed by atoms with Crippen molar-refractivity contribution in [2.75, 3.05) is 51.8 Å². The molecule has 0 aliphatic carbocycles. The summed E-state index contributed by atoms with van der Waals surface area (Å²) in [5.41, 5.74) is 2.07. The van der Waals surface area contributed by atoms with Gasteiger partial charge in [0.05, 0.1) is 6.61 Å². The van der Waals surface area contributed by atoms with Gasteiger partial charge in [0.15, 0.2) is 0 Å². The van der Waals surface area contributed by atoms with Gasteiger partial charge in [-0.1, -0.05) is 30.3 Å². The minimum Gasteiger partial charge on any atom is -0.383 e. The zero-order chi connectivity index (χ0) is 21.0. The Hall–Kier alpha value is -2.44. The summed E-state index contributed by atoms with van der Waals surface area (Å²) >= 11 is 0. The quantitative estimate of drug-likeness (QED) is 0.557. The van der Waals surface area contributed by atoms with Gasteiger partial charge in [-0.05, 0) is 62.4 Å². The fraction of sp³-hybridized carbons (Fsp3) is 0.500. The van der Waals surface area contributed by atoms with Gasteiger partial charge in [0, 0.05) is 38.5 Å². The van der Waals surface area contributed by atoms with Crippen molar-refractivity contribution in [3.63, 3.8) is 0 Å². The van der Waals surface area contributed by atoms with Crippen LogP contribution in [0.4, 0.5) is 5.82 Å². The van der Waals surface area contributed by atoms with E-state index in [4.69, 9.17) is 4.74 Å². The highest BCUT2D eigenvalue weighted by molar-refractivity contribution is 5.94. The summed E-state index contributed by atoms with van der Waals surface area (Å²) in [5, 5.41) is 6.19. The van der Waals surface area contributed by atoms with Crippen LogP contribution in [0.2, 0.25) is 0 Å². The van der Waals surface area contributed by atoms with Crippen LogP contribution >= 0.6 is 0 Å². The summed E-state index contributed by atoms with van der Waals surface area (Å²) in [6.07, 6.45) is 6.61. The molecule has 0 atom stereocenters. The molecule has 2 heterocycles. The van der Waals surface area contributed by atoms with E-state index in [0.29, 0.717) is 31.1 Å². The number of rotatable bonds is 11. The van der Waals surface area contributed by atoms with Gasteiger partial charge in [0.25, 0.3) is 5.91 Å². The smallest absolute Gasteiger partial charge is 0.251 e. The summed E-state index contributed by atoms with van der Waals surface area (Å²) in [5.74, 6) is 1.46. The van der Waals surface area contributed by atoms with Gasteiger partial charge in [0.1, 0.15) is 5.82 Å². The lowest BCUT2D eigenvalue weighted by molar-refractivity contribution is 0.0943. The van der Waals surface area contributed by atoms with Gasteiger partial charge in [-0.2, -0.15) is 0 Å². The second kappa shape index (κ2) is 12.3. The van der Waals surface area contributed by atoms with E-state index in [0.717, 1.165) is 25.6 Å². The normalized spacial score (nSPS) is 15.1. The Bertz CT molecular complexity index is 761. The van der Waals surface area contributed by atoms with Crippen LogP contribution in [0.15, 0.2) is 48.7 Å². The number of piperidine rings is 1. The van der Waals surface area contributed by atoms with Crippen LogP contribution in [0.25, 0.3) is 0 Å². The number of methoxy groups -OCH3 is 1. The van der Waals surface area contributed by atoms with E-state index in [1.54, 1.807) is 25.4 Å². The van der Waals surface area contributed by atoms with Gasteiger partial charge in [-0.25, -0.2) is 4.98 Å². The number of likely N-dealkylation sites (tertiary alicyclic amines) is 1. The molecule has 0 spiro atoms. The van der Waals surface area contributed by atoms with Crippen LogP contribution in [-0.4, -0.2) is 62.2 Å². The highest BCUT2D eigenvalue weighted by Crippen LogP contribution is 2.22. The van der Waals surface area contributed by atoms with Crippen molar-refractivity contribution in [3.05, 3.63) is 59.8 Å². The van der Waals surface area contributed by atoms with E-state index in [1.807, 2.05) is 0 Å². The van der Waals surface area contributed by atoms with Crippen LogP contribution < -0.4 is 10.6 Å². The zero-order valence-corrected chi connectivity index (χ0v) is 18.0. The standard InChI is InChI=1S/C24H34N4O2/c1-30-18-14-26-23-19-22(9-12-25-23)24(29)27-13-17-28-15-10-21(11-16-28)8-7-20-5-3-2-4-6-20/h2-6,9,12,19,21H,7-8,10-11,13-18H2,1H3,(H,25,26)(H,27,29). The van der Waals surface area contributed by atoms with Gasteiger partial charge in [-0.3, -0.25) is 4.79 Å². The first kappa shape index (κ1) is 22.2. The molecule has 1 aromatic heterocycles. The van der Waals surface area contributed by atoms with Crippen molar-refractivity contribution in [3.8, 4) is 0 Å². The first-order chi connectivity index (χ1) is 14.7. The summed E-state index contributed by atoms with van der Waals surface area (Å²) in [6, 6.07) is 14.3. The molecule has 1 aliphatic heterocycles. The maximum Gasteiger partial charge on any atom is 0.251 e. The molecule has 0 bridgehead atoms. The van der Waals surface area contributed by atoms with Crippen molar-refractivity contribution in [2.24, 2.45) is 5.92 Å². The number of carbonyl (C=O) groups is 1. The fourth-order valence-electron chi connectivity index (χ4n) is 3.89. The van der Waals surface area contributed by atoms with Gasteiger partial charge >= 0.3 is 0 Å². The molecule has 2 aromatic rings. The Morgan fingerprint density at radius 3 is 2.73 bits per heavy atom. The molecular weight excluding hydrogens is 376 g/mol. The van der Waals surface area contributed by atoms with Gasteiger partial charge in [0.2, 0.25) is 0 Å². The number of carbonyl (C=O) groups excluding carboxylic acids is 1. The highest BCUT2D eigenvalue weighted by Gasteiger charge is 2.19. The third-order valence-corrected chi connectivity index (χ3v) is 5.74. The molecule has 30 heavy (non-hydrogen) atoms. The van der Waals surface area contributed by atoms with Crippen LogP contribution in [-0.2, 0) is 11.2 Å². The lowest BCUT2D eigenvalue weighted by Gasteiger charge is -2.32. The van der Waals surface area contributed by atoms with Crippen molar-refractivity contribution < 1.29 is 9.53 Å². The van der Waals surface area contributed by atoms with E-state index >= 15 is 0 Å². The molecule has 3 rings (SSSR count). The van der Waals surface area contributed by atoms with Gasteiger partial charge < -0.3 is 20.3 Å². The first-order valence-corrected chi connectivity index (χ1v) is 11.0. The molecule has 0 saturated carbocycles. The van der Waals surface area contributed by atoms with Crippen molar-refractivity contribution in [1.29, 1.82) is 0 Å². The van der Waals surface area contributed by atoms with E-state index in [2.05, 4.69) is 50.8 Å². The predicted molar refractivity (Wildman–Crippen MR) is 121 cm³/mol. The SMILES string of the molecule is COCCNc1cc(C(=O)NCCN2CCC(CCc3ccccc3)CC2)ccn1. The number of hydrogen-bond acceptors (Lipinski definition) is 5. The molecular formula is C24H34N4O2. The van der Waals surface area contributed by atoms with E-state index in [1.165, 1.54) is 31.2 Å². The number of aryl methyl sites for hydroxylation is 1. The Balaban J connectivity index is 1.32. The number of ether oxygens (including phenoxy) is 1. The minimum atomic E-state index is -0.0510. The Labute approximate surface area is 180 Å². The predicted octanol–water partition coefficient (Wildman–Crippen LogP) is 3.21. The number of nitrogens with one attached hydrogen (secondary N) is 2. The summed E-state index contributed by atoms with van der Waals surface area (Å²) in [6.45, 7) is 5.08. The van der Waals surface area contributed by atoms with Crippen LogP contribution in [0.3, 0.4) is 0 Å². The lowest BCUT2D eigenvalue weighted by atomic mass is 9.90. The number of hydrogen-bond donors (Lipinski definition) is 2. The molecule has 1 amide bonds. The summed E-state index contributed by atoms with van der Waals surface area (Å²) in [7, 11) is 1.66. The molecule has 2 N–H and O–H groups in total. The topological polar surface area (TPSA) is 66.5 Å². The molecule has 6 heteroatoms. The first-order valence-electron chi connectivity index (χ1n) is 11.0. The van der Waals surface area contributed by atoms with Crippen molar-refractivity contribution >= 4 is 11.7 Å². The molecule has 6 nitrogen and oxygen atoms in total. The maximum atomic E-state index is 12.4. The number of nitrogens with zero attached hydrogens (tertiary/aromatic N) is 2. The van der Waals surface area contributed by atoms with E-state index in [-0.39, 0.29) is 5.91 Å². The summed E-state index contributed by atoms with van der Waals surface area (Å²) < 4.78 is 5.02. The second-order valence-electron chi connectivity index (χ2n) is 7.91. The van der Waals surface area contributed by atoms with Crippen LogP contribution in [0.5, 0.6) is 0 Å². The molecule has 0 radical (unpaired) electrons. The van der Waals surface area contributed by atoms with Crippen molar-refractivity contribution in [1.82, 2.24) is 15.2 Å². The third-order valence-electron chi connectivity index (χ3n) is 5.74. The van der Waals surface area contributed by atoms with Gasteiger partial charge in [-0.15, -0.1) is 0 Å². The fourth-order valence-corrected chi connectivity index (χ4v) is 3.89. The number of aromatic nitrogens is 1. The molecule has 1 aliphatic rings. The lowest BCUT2D eigenvalue weighted by Crippen LogP contribution is -2.39. The van der Waals surface area contributed by atoms with Crippen LogP contribution in [0.1, 0.15) is 35.2 Å². The Kier molecular flexibility index (Phi) is 9.12. The maximum absolute atomic E-state index is 12.4. The monoisotopic (exact) mass is 410 g/mol. The highest BCUT2D eigenvalue weighted by atomic mass is 16.5. The largest absolute Gasteiger partial charge is 0.383 e. The third kappa shape index (κ3) is 7.43. The molecule has 162 valence electrons. The van der Waals surface area contributed by atoms with E-state index < -0.39 is 0 Å². The van der Waals surface area contributed by atoms with E-state index in [9.17, 15) is 4.79 Å². The Morgan fingerprint density at radius 2 is 1.97 bits per heavy atom. The molecule has 1 aromatic carbocycles.